The Hall–Kier alpha value is -2.63. The van der Waals surface area contributed by atoms with Gasteiger partial charge in [-0.15, -0.1) is 0 Å². The summed E-state index contributed by atoms with van der Waals surface area (Å²) in [6, 6.07) is 2.88. The van der Waals surface area contributed by atoms with E-state index in [1.807, 2.05) is 26.0 Å². The van der Waals surface area contributed by atoms with Crippen molar-refractivity contribution in [1.29, 1.82) is 0 Å². The van der Waals surface area contributed by atoms with Crippen molar-refractivity contribution in [3.05, 3.63) is 63.8 Å². The van der Waals surface area contributed by atoms with Gasteiger partial charge in [-0.25, -0.2) is 4.98 Å². The van der Waals surface area contributed by atoms with E-state index in [9.17, 15) is 10.1 Å². The number of hydrogen-bond donors (Lipinski definition) is 0. The number of allylic oxidation sites excluding steroid dienone is 2. The number of aromatic nitrogens is 1. The third-order valence-electron chi connectivity index (χ3n) is 3.43. The number of nitrogens with zero attached hydrogens (tertiary/aromatic N) is 2. The van der Waals surface area contributed by atoms with Gasteiger partial charge in [0.2, 0.25) is 0 Å². The highest BCUT2D eigenvalue weighted by molar-refractivity contribution is 5.51. The van der Waals surface area contributed by atoms with Gasteiger partial charge in [0.05, 0.1) is 11.2 Å². The molecule has 0 atom stereocenters. The minimum absolute atomic E-state index is 0.0152. The Morgan fingerprint density at radius 2 is 2.29 bits per heavy atom. The molecular weight excluding hydrogens is 272 g/mol. The van der Waals surface area contributed by atoms with Gasteiger partial charge in [-0.3, -0.25) is 10.1 Å². The van der Waals surface area contributed by atoms with Crippen molar-refractivity contribution in [1.82, 2.24) is 4.98 Å². The summed E-state index contributed by atoms with van der Waals surface area (Å²) >= 11 is 0. The van der Waals surface area contributed by atoms with E-state index in [1.165, 1.54) is 18.3 Å². The second-order valence-corrected chi connectivity index (χ2v) is 5.30. The lowest BCUT2D eigenvalue weighted by Crippen LogP contribution is -2.24. The summed E-state index contributed by atoms with van der Waals surface area (Å²) in [5.41, 5.74) is 1.26. The standard InChI is InChI=1S/C15H14N2O4/c1-15(2)13-10(9-20-15)5-3-7-12(13)21-14-11(17(18)19)6-4-8-16-14/h3-4,6-9H,5H2,1-2H3. The third-order valence-corrected chi connectivity index (χ3v) is 3.43. The molecule has 0 saturated heterocycles. The minimum atomic E-state index is -0.515. The molecule has 1 aliphatic heterocycles. The number of rotatable bonds is 3. The largest absolute Gasteiger partial charge is 0.490 e. The van der Waals surface area contributed by atoms with Crippen LogP contribution in [0, 0.1) is 10.1 Å². The zero-order valence-corrected chi connectivity index (χ0v) is 11.7. The molecule has 1 aliphatic carbocycles. The van der Waals surface area contributed by atoms with E-state index in [0.717, 1.165) is 17.6 Å². The molecule has 2 heterocycles. The van der Waals surface area contributed by atoms with Gasteiger partial charge in [0.15, 0.2) is 0 Å². The average molecular weight is 286 g/mol. The highest BCUT2D eigenvalue weighted by Crippen LogP contribution is 2.41. The molecule has 108 valence electrons. The zero-order valence-electron chi connectivity index (χ0n) is 11.7. The van der Waals surface area contributed by atoms with E-state index < -0.39 is 10.5 Å². The van der Waals surface area contributed by atoms with Crippen LogP contribution in [0.2, 0.25) is 0 Å². The SMILES string of the molecule is CC1(C)OC=C2CC=CC(Oc3ncccc3[N+](=O)[O-])=C21. The van der Waals surface area contributed by atoms with Gasteiger partial charge in [0.25, 0.3) is 5.88 Å². The Morgan fingerprint density at radius 3 is 3.05 bits per heavy atom. The van der Waals surface area contributed by atoms with Gasteiger partial charge in [-0.2, -0.15) is 0 Å². The number of ether oxygens (including phenoxy) is 2. The first-order chi connectivity index (χ1) is 9.99. The van der Waals surface area contributed by atoms with E-state index in [1.54, 1.807) is 6.26 Å². The first-order valence-electron chi connectivity index (χ1n) is 6.55. The van der Waals surface area contributed by atoms with Crippen molar-refractivity contribution in [2.45, 2.75) is 25.9 Å². The summed E-state index contributed by atoms with van der Waals surface area (Å²) in [6.07, 6.45) is 7.68. The van der Waals surface area contributed by atoms with Crippen molar-refractivity contribution in [3.63, 3.8) is 0 Å². The van der Waals surface area contributed by atoms with E-state index in [0.29, 0.717) is 5.76 Å². The van der Waals surface area contributed by atoms with E-state index >= 15 is 0 Å². The molecule has 1 aromatic heterocycles. The van der Waals surface area contributed by atoms with Crippen molar-refractivity contribution < 1.29 is 14.4 Å². The predicted octanol–water partition coefficient (Wildman–Crippen LogP) is 3.28. The van der Waals surface area contributed by atoms with Crippen molar-refractivity contribution in [2.75, 3.05) is 0 Å². The highest BCUT2D eigenvalue weighted by Gasteiger charge is 2.37. The summed E-state index contributed by atoms with van der Waals surface area (Å²) in [6.45, 7) is 3.86. The van der Waals surface area contributed by atoms with Crippen LogP contribution in [0.15, 0.2) is 53.6 Å². The zero-order chi connectivity index (χ0) is 15.0. The average Bonchev–Trinajstić information content (AvgIpc) is 2.76. The van der Waals surface area contributed by atoms with Gasteiger partial charge in [0.1, 0.15) is 11.4 Å². The molecule has 21 heavy (non-hydrogen) atoms. The minimum Gasteiger partial charge on any atom is -0.490 e. The van der Waals surface area contributed by atoms with Crippen molar-refractivity contribution in [2.24, 2.45) is 0 Å². The van der Waals surface area contributed by atoms with E-state index in [-0.39, 0.29) is 11.6 Å². The summed E-state index contributed by atoms with van der Waals surface area (Å²) in [5, 5.41) is 11.0. The predicted molar refractivity (Wildman–Crippen MR) is 75.5 cm³/mol. The Bertz CT molecular complexity index is 701. The molecule has 2 aliphatic rings. The van der Waals surface area contributed by atoms with Crippen LogP contribution in [0.3, 0.4) is 0 Å². The quantitative estimate of drug-likeness (QED) is 0.629. The first kappa shape index (κ1) is 13.4. The lowest BCUT2D eigenvalue weighted by molar-refractivity contribution is -0.386. The molecule has 0 unspecified atom stereocenters. The molecule has 6 heteroatoms. The molecule has 0 spiro atoms. The van der Waals surface area contributed by atoms with Crippen LogP contribution in [0.5, 0.6) is 5.88 Å². The van der Waals surface area contributed by atoms with Crippen LogP contribution >= 0.6 is 0 Å². The molecule has 0 fully saturated rings. The number of fused-ring (bicyclic) bond motifs is 1. The smallest absolute Gasteiger partial charge is 0.331 e. The molecule has 0 saturated carbocycles. The number of pyridine rings is 1. The fourth-order valence-electron chi connectivity index (χ4n) is 2.49. The summed E-state index contributed by atoms with van der Waals surface area (Å²) < 4.78 is 11.4. The maximum Gasteiger partial charge on any atom is 0.331 e. The van der Waals surface area contributed by atoms with Crippen LogP contribution in [-0.2, 0) is 4.74 Å². The monoisotopic (exact) mass is 286 g/mol. The second-order valence-electron chi connectivity index (χ2n) is 5.30. The molecule has 0 amide bonds. The molecule has 3 rings (SSSR count). The van der Waals surface area contributed by atoms with Crippen LogP contribution < -0.4 is 4.74 Å². The molecule has 0 aromatic carbocycles. The number of hydrogen-bond acceptors (Lipinski definition) is 5. The van der Waals surface area contributed by atoms with Crippen molar-refractivity contribution in [3.8, 4) is 5.88 Å². The van der Waals surface area contributed by atoms with Crippen LogP contribution in [0.4, 0.5) is 5.69 Å². The Morgan fingerprint density at radius 1 is 1.48 bits per heavy atom. The van der Waals surface area contributed by atoms with Gasteiger partial charge in [-0.05, 0) is 32.4 Å². The molecule has 6 nitrogen and oxygen atoms in total. The maximum atomic E-state index is 11.0. The second kappa shape index (κ2) is 4.73. The lowest BCUT2D eigenvalue weighted by Gasteiger charge is -2.24. The third kappa shape index (κ3) is 2.29. The Labute approximate surface area is 121 Å². The van der Waals surface area contributed by atoms with Gasteiger partial charge >= 0.3 is 5.69 Å². The fraction of sp³-hybridized carbons (Fsp3) is 0.267. The van der Waals surface area contributed by atoms with Gasteiger partial charge < -0.3 is 9.47 Å². The molecule has 0 radical (unpaired) electrons. The van der Waals surface area contributed by atoms with Crippen molar-refractivity contribution >= 4 is 5.69 Å². The molecular formula is C15H14N2O4. The fourth-order valence-corrected chi connectivity index (χ4v) is 2.49. The van der Waals surface area contributed by atoms with E-state index in [4.69, 9.17) is 9.47 Å². The molecule has 0 bridgehead atoms. The Balaban J connectivity index is 2.04. The maximum absolute atomic E-state index is 11.0. The molecule has 0 N–H and O–H groups in total. The van der Waals surface area contributed by atoms with E-state index in [2.05, 4.69) is 4.98 Å². The summed E-state index contributed by atoms with van der Waals surface area (Å²) in [4.78, 5) is 14.5. The number of nitro groups is 1. The normalized spacial score (nSPS) is 18.9. The van der Waals surface area contributed by atoms with Crippen LogP contribution in [0.25, 0.3) is 0 Å². The topological polar surface area (TPSA) is 74.5 Å². The van der Waals surface area contributed by atoms with Crippen LogP contribution in [-0.4, -0.2) is 15.5 Å². The lowest BCUT2D eigenvalue weighted by atomic mass is 9.88. The highest BCUT2D eigenvalue weighted by atomic mass is 16.6. The van der Waals surface area contributed by atoms with Gasteiger partial charge in [-0.1, -0.05) is 6.08 Å². The van der Waals surface area contributed by atoms with Crippen LogP contribution in [0.1, 0.15) is 20.3 Å². The summed E-state index contributed by atoms with van der Waals surface area (Å²) in [7, 11) is 0. The first-order valence-corrected chi connectivity index (χ1v) is 6.55. The molecule has 1 aromatic rings. The van der Waals surface area contributed by atoms with Gasteiger partial charge in [0, 0.05) is 23.4 Å². The summed E-state index contributed by atoms with van der Waals surface area (Å²) in [5.74, 6) is 0.524. The Kier molecular flexibility index (Phi) is 3.01.